The standard InChI is InChI=1S/C20H16F3NO5/c1-10-8-13(29-20(21,22)23)4-7-16(10)27-12-3-6-14-11(9-12)2-5-15(14)17-18(25)24-19(26)28-17/h3-4,6-9,15,17H,2,5H2,1H3,(H,24,25,26)/t15-,17?/m1/s1. The molecular weight excluding hydrogens is 391 g/mol. The maximum Gasteiger partial charge on any atom is 0.573 e. The number of imide groups is 1. The Labute approximate surface area is 163 Å². The number of carbonyl (C=O) groups excluding carboxylic acids is 2. The molecule has 0 spiro atoms. The molecule has 152 valence electrons. The van der Waals surface area contributed by atoms with Gasteiger partial charge in [0.2, 0.25) is 0 Å². The van der Waals surface area contributed by atoms with Crippen LogP contribution in [0, 0.1) is 6.92 Å². The first kappa shape index (κ1) is 19.1. The van der Waals surface area contributed by atoms with Gasteiger partial charge >= 0.3 is 12.5 Å². The average Bonchev–Trinajstić information content (AvgIpc) is 3.18. The number of halogens is 3. The van der Waals surface area contributed by atoms with Crippen LogP contribution >= 0.6 is 0 Å². The van der Waals surface area contributed by atoms with E-state index in [2.05, 4.69) is 10.1 Å². The molecule has 29 heavy (non-hydrogen) atoms. The molecule has 1 saturated heterocycles. The number of cyclic esters (lactones) is 1. The zero-order valence-electron chi connectivity index (χ0n) is 15.2. The van der Waals surface area contributed by atoms with Gasteiger partial charge in [0, 0.05) is 5.92 Å². The number of amides is 2. The van der Waals surface area contributed by atoms with Gasteiger partial charge in [-0.15, -0.1) is 13.2 Å². The molecule has 0 bridgehead atoms. The lowest BCUT2D eigenvalue weighted by molar-refractivity contribution is -0.274. The summed E-state index contributed by atoms with van der Waals surface area (Å²) in [7, 11) is 0. The summed E-state index contributed by atoms with van der Waals surface area (Å²) in [5.41, 5.74) is 2.37. The van der Waals surface area contributed by atoms with Crippen molar-refractivity contribution in [3.63, 3.8) is 0 Å². The number of benzene rings is 2. The third kappa shape index (κ3) is 3.98. The molecule has 4 rings (SSSR count). The minimum Gasteiger partial charge on any atom is -0.457 e. The Morgan fingerprint density at radius 1 is 1.10 bits per heavy atom. The summed E-state index contributed by atoms with van der Waals surface area (Å²) in [4.78, 5) is 23.2. The van der Waals surface area contributed by atoms with E-state index in [1.54, 1.807) is 13.0 Å². The van der Waals surface area contributed by atoms with E-state index in [9.17, 15) is 22.8 Å². The maximum absolute atomic E-state index is 12.3. The Morgan fingerprint density at radius 2 is 1.86 bits per heavy atom. The molecule has 2 atom stereocenters. The summed E-state index contributed by atoms with van der Waals surface area (Å²) < 4.78 is 51.8. The third-order valence-corrected chi connectivity index (χ3v) is 4.93. The topological polar surface area (TPSA) is 73.9 Å². The van der Waals surface area contributed by atoms with Gasteiger partial charge in [-0.3, -0.25) is 10.1 Å². The number of hydrogen-bond donors (Lipinski definition) is 1. The molecule has 1 aliphatic heterocycles. The highest BCUT2D eigenvalue weighted by atomic mass is 19.4. The van der Waals surface area contributed by atoms with Crippen molar-refractivity contribution in [2.24, 2.45) is 0 Å². The van der Waals surface area contributed by atoms with Gasteiger partial charge in [0.25, 0.3) is 5.91 Å². The van der Waals surface area contributed by atoms with Gasteiger partial charge in [0.15, 0.2) is 6.10 Å². The zero-order valence-corrected chi connectivity index (χ0v) is 15.2. The zero-order chi connectivity index (χ0) is 20.8. The number of nitrogens with one attached hydrogen (secondary N) is 1. The van der Waals surface area contributed by atoms with E-state index in [0.29, 0.717) is 29.9 Å². The Morgan fingerprint density at radius 3 is 2.52 bits per heavy atom. The second kappa shape index (κ2) is 6.98. The molecule has 1 aliphatic carbocycles. The Balaban J connectivity index is 1.51. The van der Waals surface area contributed by atoms with Crippen molar-refractivity contribution in [3.05, 3.63) is 53.1 Å². The van der Waals surface area contributed by atoms with Crippen molar-refractivity contribution in [1.29, 1.82) is 0 Å². The van der Waals surface area contributed by atoms with Crippen molar-refractivity contribution < 1.29 is 37.0 Å². The van der Waals surface area contributed by atoms with Gasteiger partial charge < -0.3 is 14.2 Å². The summed E-state index contributed by atoms with van der Waals surface area (Å²) in [6.07, 6.45) is -4.97. The second-order valence-electron chi connectivity index (χ2n) is 6.90. The largest absolute Gasteiger partial charge is 0.573 e. The number of rotatable bonds is 4. The van der Waals surface area contributed by atoms with Gasteiger partial charge in [-0.2, -0.15) is 0 Å². The predicted octanol–water partition coefficient (Wildman–Crippen LogP) is 4.35. The summed E-state index contributed by atoms with van der Waals surface area (Å²) in [6.45, 7) is 1.62. The fourth-order valence-electron chi connectivity index (χ4n) is 3.70. The molecule has 1 heterocycles. The number of aryl methyl sites for hydroxylation is 2. The van der Waals surface area contributed by atoms with E-state index in [4.69, 9.17) is 9.47 Å². The van der Waals surface area contributed by atoms with Crippen molar-refractivity contribution in [2.75, 3.05) is 0 Å². The highest BCUT2D eigenvalue weighted by molar-refractivity contribution is 6.00. The lowest BCUT2D eigenvalue weighted by atomic mass is 9.95. The summed E-state index contributed by atoms with van der Waals surface area (Å²) >= 11 is 0. The smallest absolute Gasteiger partial charge is 0.457 e. The SMILES string of the molecule is Cc1cc(OC(F)(F)F)ccc1Oc1ccc2c(c1)CC[C@H]2C1OC(=O)NC1=O. The summed E-state index contributed by atoms with van der Waals surface area (Å²) in [6, 6.07) is 9.20. The maximum atomic E-state index is 12.3. The van der Waals surface area contributed by atoms with Gasteiger partial charge in [-0.25, -0.2) is 4.79 Å². The first-order valence-corrected chi connectivity index (χ1v) is 8.88. The Bertz CT molecular complexity index is 989. The molecule has 1 N–H and O–H groups in total. The Kier molecular flexibility index (Phi) is 4.60. The molecule has 6 nitrogen and oxygen atoms in total. The molecule has 2 aromatic rings. The fraction of sp³-hybridized carbons (Fsp3) is 0.300. The van der Waals surface area contributed by atoms with Crippen LogP contribution in [0.5, 0.6) is 17.2 Å². The minimum atomic E-state index is -4.75. The van der Waals surface area contributed by atoms with Gasteiger partial charge in [0.05, 0.1) is 0 Å². The van der Waals surface area contributed by atoms with Crippen LogP contribution in [0.3, 0.4) is 0 Å². The molecule has 0 saturated carbocycles. The second-order valence-corrected chi connectivity index (χ2v) is 6.90. The van der Waals surface area contributed by atoms with E-state index >= 15 is 0 Å². The number of hydrogen-bond acceptors (Lipinski definition) is 5. The van der Waals surface area contributed by atoms with E-state index < -0.39 is 24.5 Å². The quantitative estimate of drug-likeness (QED) is 0.816. The normalized spacial score (nSPS) is 20.8. The monoisotopic (exact) mass is 407 g/mol. The summed E-state index contributed by atoms with van der Waals surface area (Å²) in [5, 5.41) is 2.14. The van der Waals surface area contributed by atoms with Crippen molar-refractivity contribution in [2.45, 2.75) is 38.1 Å². The molecule has 0 aromatic heterocycles. The van der Waals surface area contributed by atoms with Crippen LogP contribution < -0.4 is 14.8 Å². The van der Waals surface area contributed by atoms with Crippen molar-refractivity contribution in [1.82, 2.24) is 5.32 Å². The van der Waals surface area contributed by atoms with E-state index in [-0.39, 0.29) is 11.7 Å². The molecule has 2 amide bonds. The highest BCUT2D eigenvalue weighted by Crippen LogP contribution is 2.40. The van der Waals surface area contributed by atoms with E-state index in [1.807, 2.05) is 12.1 Å². The van der Waals surface area contributed by atoms with Crippen LogP contribution in [0.4, 0.5) is 18.0 Å². The minimum absolute atomic E-state index is 0.217. The molecular formula is C20H16F3NO5. The molecule has 1 fully saturated rings. The highest BCUT2D eigenvalue weighted by Gasteiger charge is 2.42. The average molecular weight is 407 g/mol. The van der Waals surface area contributed by atoms with Crippen LogP contribution in [0.1, 0.15) is 29.0 Å². The molecule has 1 unspecified atom stereocenters. The number of alkyl carbamates (subject to hydrolysis) is 1. The van der Waals surface area contributed by atoms with Crippen LogP contribution in [0.15, 0.2) is 36.4 Å². The first-order chi connectivity index (χ1) is 13.7. The van der Waals surface area contributed by atoms with Crippen LogP contribution in [0.2, 0.25) is 0 Å². The Hall–Kier alpha value is -3.23. The third-order valence-electron chi connectivity index (χ3n) is 4.93. The molecule has 2 aromatic carbocycles. The lowest BCUT2D eigenvalue weighted by Gasteiger charge is -2.16. The van der Waals surface area contributed by atoms with Gasteiger partial charge in [-0.1, -0.05) is 6.07 Å². The number of carbonyl (C=O) groups is 2. The number of fused-ring (bicyclic) bond motifs is 1. The number of alkyl halides is 3. The van der Waals surface area contributed by atoms with Crippen molar-refractivity contribution in [3.8, 4) is 17.2 Å². The molecule has 0 radical (unpaired) electrons. The summed E-state index contributed by atoms with van der Waals surface area (Å²) in [5.74, 6) is -0.0532. The van der Waals surface area contributed by atoms with Crippen molar-refractivity contribution >= 4 is 12.0 Å². The lowest BCUT2D eigenvalue weighted by Crippen LogP contribution is -2.28. The van der Waals surface area contributed by atoms with Gasteiger partial charge in [0.1, 0.15) is 17.2 Å². The molecule has 9 heteroatoms. The fourth-order valence-corrected chi connectivity index (χ4v) is 3.70. The van der Waals surface area contributed by atoms with Crippen LogP contribution in [0.25, 0.3) is 0 Å². The number of ether oxygens (including phenoxy) is 3. The van der Waals surface area contributed by atoms with Crippen LogP contribution in [-0.4, -0.2) is 24.5 Å². The van der Waals surface area contributed by atoms with E-state index in [1.165, 1.54) is 18.2 Å². The first-order valence-electron chi connectivity index (χ1n) is 8.88. The van der Waals surface area contributed by atoms with Gasteiger partial charge in [-0.05, 0) is 66.8 Å². The predicted molar refractivity (Wildman–Crippen MR) is 93.9 cm³/mol. The van der Waals surface area contributed by atoms with Crippen LogP contribution in [-0.2, 0) is 16.0 Å². The van der Waals surface area contributed by atoms with E-state index in [0.717, 1.165) is 11.1 Å². The molecule has 2 aliphatic rings.